The van der Waals surface area contributed by atoms with Gasteiger partial charge in [-0.2, -0.15) is 0 Å². The molecule has 7 aromatic rings. The molecule has 1 nitrogen and oxygen atoms in total. The molecule has 0 spiro atoms. The molecular formula is C68H65N. The van der Waals surface area contributed by atoms with Crippen molar-refractivity contribution in [3.63, 3.8) is 0 Å². The van der Waals surface area contributed by atoms with E-state index in [9.17, 15) is 0 Å². The van der Waals surface area contributed by atoms with Gasteiger partial charge < -0.3 is 4.90 Å². The summed E-state index contributed by atoms with van der Waals surface area (Å²) >= 11 is 0. The van der Waals surface area contributed by atoms with Crippen LogP contribution in [0.25, 0.3) is 57.0 Å². The van der Waals surface area contributed by atoms with Crippen molar-refractivity contribution in [2.75, 3.05) is 4.90 Å². The predicted octanol–water partition coefficient (Wildman–Crippen LogP) is 16.8. The molecule has 0 N–H and O–H groups in total. The number of hydrogen-bond acceptors (Lipinski definition) is 1. The van der Waals surface area contributed by atoms with Gasteiger partial charge in [0.15, 0.2) is 0 Å². The summed E-state index contributed by atoms with van der Waals surface area (Å²) in [6.07, 6.45) is 32.9. The SMILES string of the molecule is C=C/C(=C\CC)c1ccccc1.CCC(C)/C(=C/c1ccc2c(c1)CCC2)c1cc2c3c(c(N(c4ccc(-c5ccccc5)cc4)c4ccc5c(c4)CCC5)cc2c2c1=C=CC=CC=2)C=CCCC3. The maximum absolute atomic E-state index is 3.82. The highest BCUT2D eigenvalue weighted by Crippen LogP contribution is 2.44. The molecule has 0 saturated carbocycles. The van der Waals surface area contributed by atoms with E-state index in [1.165, 1.54) is 143 Å². The summed E-state index contributed by atoms with van der Waals surface area (Å²) in [6.45, 7) is 10.7. The van der Waals surface area contributed by atoms with E-state index >= 15 is 0 Å². The zero-order valence-corrected chi connectivity index (χ0v) is 40.9. The van der Waals surface area contributed by atoms with Crippen molar-refractivity contribution in [3.8, 4) is 11.1 Å². The smallest absolute Gasteiger partial charge is 0.0543 e. The van der Waals surface area contributed by atoms with Crippen LogP contribution in [0.3, 0.4) is 0 Å². The lowest BCUT2D eigenvalue weighted by molar-refractivity contribution is 0.719. The zero-order chi connectivity index (χ0) is 47.1. The molecule has 0 heterocycles. The van der Waals surface area contributed by atoms with Crippen molar-refractivity contribution in [2.45, 2.75) is 91.4 Å². The van der Waals surface area contributed by atoms with Crippen LogP contribution in [0.5, 0.6) is 0 Å². The van der Waals surface area contributed by atoms with E-state index < -0.39 is 0 Å². The molecule has 0 aliphatic heterocycles. The van der Waals surface area contributed by atoms with Crippen LogP contribution in [0.1, 0.15) is 109 Å². The van der Waals surface area contributed by atoms with E-state index in [-0.39, 0.29) is 0 Å². The number of nitrogens with zero attached hydrogens (tertiary/aromatic N) is 1. The Hall–Kier alpha value is -7.18. The number of anilines is 3. The van der Waals surface area contributed by atoms with Gasteiger partial charge in [0.2, 0.25) is 0 Å². The van der Waals surface area contributed by atoms with E-state index in [1.807, 2.05) is 24.3 Å². The van der Waals surface area contributed by atoms with Gasteiger partial charge in [0.1, 0.15) is 0 Å². The second kappa shape index (κ2) is 21.0. The first-order valence-electron chi connectivity index (χ1n) is 25.7. The predicted molar refractivity (Wildman–Crippen MR) is 300 cm³/mol. The minimum Gasteiger partial charge on any atom is -0.310 e. The summed E-state index contributed by atoms with van der Waals surface area (Å²) < 4.78 is 0. The largest absolute Gasteiger partial charge is 0.310 e. The van der Waals surface area contributed by atoms with Crippen LogP contribution in [-0.4, -0.2) is 0 Å². The number of benzene rings is 7. The van der Waals surface area contributed by atoms with Crippen LogP contribution in [0, 0.1) is 5.92 Å². The molecule has 1 unspecified atom stereocenters. The van der Waals surface area contributed by atoms with Gasteiger partial charge in [0.05, 0.1) is 5.69 Å². The summed E-state index contributed by atoms with van der Waals surface area (Å²) in [4.78, 5) is 2.55. The number of aryl methyl sites for hydroxylation is 5. The molecular weight excluding hydrogens is 831 g/mol. The van der Waals surface area contributed by atoms with Gasteiger partial charge in [-0.1, -0.05) is 173 Å². The molecule has 1 atom stereocenters. The van der Waals surface area contributed by atoms with Gasteiger partial charge >= 0.3 is 0 Å². The Morgan fingerprint density at radius 3 is 2.12 bits per heavy atom. The Kier molecular flexibility index (Phi) is 13.9. The number of allylic oxidation sites excluding steroid dienone is 8. The third-order valence-electron chi connectivity index (χ3n) is 14.9. The molecule has 0 fully saturated rings. The molecule has 7 aromatic carbocycles. The average molecular weight is 896 g/mol. The Labute approximate surface area is 411 Å². The van der Waals surface area contributed by atoms with Crippen LogP contribution in [0.2, 0.25) is 0 Å². The standard InChI is InChI=1S/C56H51N.C12H14/c1-3-38(2)52(34-39-25-26-41-17-13-19-44(41)33-39)53-36-54-50-23-11-6-12-24-51(50)56(37-55(54)49-22-10-5-9-21-48(49)53)57(47-32-29-42-18-14-20-45(42)35-47)46-30-27-43(28-31-46)40-15-7-4-8-16-40;1-3-8-11(4-2)12-9-6-5-7-10-12/h4-5,7-10,12,15-16,22,24-38H,3,6,11,13-14,17-20,23H2,1-2H3;4-10H,2-3H2,1H3/b52-34-;11-8+. The molecule has 342 valence electrons. The highest BCUT2D eigenvalue weighted by atomic mass is 15.1. The van der Waals surface area contributed by atoms with Crippen LogP contribution in [-0.2, 0) is 32.1 Å². The Bertz CT molecular complexity index is 3310. The fourth-order valence-electron chi connectivity index (χ4n) is 11.1. The molecule has 0 bridgehead atoms. The maximum atomic E-state index is 3.82. The van der Waals surface area contributed by atoms with Crippen molar-refractivity contribution in [1.82, 2.24) is 0 Å². The summed E-state index contributed by atoms with van der Waals surface area (Å²) in [6, 6.07) is 49.8. The maximum Gasteiger partial charge on any atom is 0.0543 e. The summed E-state index contributed by atoms with van der Waals surface area (Å²) in [5, 5.41) is 5.14. The van der Waals surface area contributed by atoms with Gasteiger partial charge in [0, 0.05) is 22.2 Å². The van der Waals surface area contributed by atoms with E-state index in [2.05, 4.69) is 202 Å². The second-order valence-electron chi connectivity index (χ2n) is 19.2. The monoisotopic (exact) mass is 896 g/mol. The summed E-state index contributed by atoms with van der Waals surface area (Å²) in [5.74, 6) is 0.393. The van der Waals surface area contributed by atoms with Crippen LogP contribution < -0.4 is 15.3 Å². The number of rotatable bonds is 11. The number of hydrogen-bond donors (Lipinski definition) is 0. The van der Waals surface area contributed by atoms with E-state index in [4.69, 9.17) is 0 Å². The lowest BCUT2D eigenvalue weighted by atomic mass is 9.84. The average Bonchev–Trinajstić information content (AvgIpc) is 3.91. The Balaban J connectivity index is 0.000000405. The molecule has 0 saturated heterocycles. The van der Waals surface area contributed by atoms with Gasteiger partial charge in [-0.15, -0.1) is 5.73 Å². The first-order chi connectivity index (χ1) is 34.0. The lowest BCUT2D eigenvalue weighted by Gasteiger charge is -2.30. The summed E-state index contributed by atoms with van der Waals surface area (Å²) in [7, 11) is 0. The highest BCUT2D eigenvalue weighted by molar-refractivity contribution is 6.01. The summed E-state index contributed by atoms with van der Waals surface area (Å²) in [5.41, 5.74) is 25.3. The molecule has 4 aliphatic carbocycles. The van der Waals surface area contributed by atoms with E-state index in [0.717, 1.165) is 38.5 Å². The van der Waals surface area contributed by atoms with E-state index in [0.29, 0.717) is 5.92 Å². The van der Waals surface area contributed by atoms with Crippen molar-refractivity contribution in [2.24, 2.45) is 5.92 Å². The van der Waals surface area contributed by atoms with Gasteiger partial charge in [-0.05, 0) is 202 Å². The fourth-order valence-corrected chi connectivity index (χ4v) is 11.1. The van der Waals surface area contributed by atoms with E-state index in [1.54, 1.807) is 0 Å². The van der Waals surface area contributed by atoms with Gasteiger partial charge in [-0.3, -0.25) is 0 Å². The molecule has 69 heavy (non-hydrogen) atoms. The Morgan fingerprint density at radius 1 is 0.681 bits per heavy atom. The minimum absolute atomic E-state index is 0.393. The second-order valence-corrected chi connectivity index (χ2v) is 19.2. The zero-order valence-electron chi connectivity index (χ0n) is 40.9. The normalized spacial score (nSPS) is 15.1. The van der Waals surface area contributed by atoms with Gasteiger partial charge in [-0.25, -0.2) is 0 Å². The molecule has 0 radical (unpaired) electrons. The van der Waals surface area contributed by atoms with Crippen LogP contribution in [0.15, 0.2) is 176 Å². The van der Waals surface area contributed by atoms with Crippen molar-refractivity contribution in [3.05, 3.63) is 237 Å². The topological polar surface area (TPSA) is 3.24 Å². The molecule has 1 heteroatoms. The molecule has 11 rings (SSSR count). The van der Waals surface area contributed by atoms with Gasteiger partial charge in [0.25, 0.3) is 0 Å². The fraction of sp³-hybridized carbons (Fsp3) is 0.221. The quantitative estimate of drug-likeness (QED) is 0.0924. The van der Waals surface area contributed by atoms with Crippen LogP contribution >= 0.6 is 0 Å². The minimum atomic E-state index is 0.393. The lowest BCUT2D eigenvalue weighted by Crippen LogP contribution is -2.29. The molecule has 4 aliphatic rings. The first-order valence-corrected chi connectivity index (χ1v) is 25.7. The third-order valence-corrected chi connectivity index (χ3v) is 14.9. The van der Waals surface area contributed by atoms with Crippen molar-refractivity contribution >= 4 is 62.9 Å². The molecule has 0 aromatic heterocycles. The van der Waals surface area contributed by atoms with Crippen LogP contribution in [0.4, 0.5) is 17.1 Å². The first kappa shape index (κ1) is 45.6. The number of fused-ring (bicyclic) bond motifs is 7. The highest BCUT2D eigenvalue weighted by Gasteiger charge is 2.25. The van der Waals surface area contributed by atoms with Crippen molar-refractivity contribution in [1.29, 1.82) is 0 Å². The Morgan fingerprint density at radius 2 is 1.38 bits per heavy atom. The molecule has 0 amide bonds. The third kappa shape index (κ3) is 9.63. The van der Waals surface area contributed by atoms with Crippen molar-refractivity contribution < 1.29 is 0 Å².